The van der Waals surface area contributed by atoms with E-state index in [1.54, 1.807) is 7.05 Å². The highest BCUT2D eigenvalue weighted by Gasteiger charge is 2.14. The minimum absolute atomic E-state index is 0.173. The molecule has 0 heterocycles. The van der Waals surface area contributed by atoms with Crippen molar-refractivity contribution < 1.29 is 29.7 Å². The molecule has 0 unspecified atom stereocenters. The number of hydrogen-bond donors (Lipinski definition) is 3. The molecule has 0 aromatic carbocycles. The first kappa shape index (κ1) is 15.3. The van der Waals surface area contributed by atoms with Crippen molar-refractivity contribution >= 4 is 17.9 Å². The maximum atomic E-state index is 10.5. The summed E-state index contributed by atoms with van der Waals surface area (Å²) in [5.74, 6) is -3.23. The van der Waals surface area contributed by atoms with Gasteiger partial charge in [0.15, 0.2) is 0 Å². The first-order chi connectivity index (χ1) is 7.81. The van der Waals surface area contributed by atoms with Gasteiger partial charge in [0.25, 0.3) is 0 Å². The molecular weight excluding hydrogens is 232 g/mol. The van der Waals surface area contributed by atoms with Crippen LogP contribution in [0, 0.1) is 0 Å². The lowest BCUT2D eigenvalue weighted by atomic mass is 10.4. The molecule has 0 aliphatic carbocycles. The summed E-state index contributed by atoms with van der Waals surface area (Å²) < 4.78 is 0. The van der Waals surface area contributed by atoms with Gasteiger partial charge in [-0.1, -0.05) is 0 Å². The van der Waals surface area contributed by atoms with E-state index in [2.05, 4.69) is 0 Å². The van der Waals surface area contributed by atoms with E-state index in [1.165, 1.54) is 9.80 Å². The Balaban J connectivity index is 4.10. The first-order valence-electron chi connectivity index (χ1n) is 4.87. The summed E-state index contributed by atoms with van der Waals surface area (Å²) in [5, 5.41) is 25.6. The molecule has 0 spiro atoms. The summed E-state index contributed by atoms with van der Waals surface area (Å²) in [5.41, 5.74) is 0. The Labute approximate surface area is 98.0 Å². The van der Waals surface area contributed by atoms with Crippen LogP contribution in [0.25, 0.3) is 0 Å². The smallest absolute Gasteiger partial charge is 0.317 e. The number of nitrogens with zero attached hydrogens (tertiary/aromatic N) is 2. The molecule has 17 heavy (non-hydrogen) atoms. The number of hydrogen-bond acceptors (Lipinski definition) is 5. The minimum atomic E-state index is -1.12. The van der Waals surface area contributed by atoms with Crippen LogP contribution in [-0.2, 0) is 14.4 Å². The van der Waals surface area contributed by atoms with Crippen molar-refractivity contribution in [3.05, 3.63) is 0 Å². The highest BCUT2D eigenvalue weighted by atomic mass is 16.4. The van der Waals surface area contributed by atoms with E-state index >= 15 is 0 Å². The van der Waals surface area contributed by atoms with Gasteiger partial charge in [-0.15, -0.1) is 0 Å². The molecule has 0 aromatic heterocycles. The van der Waals surface area contributed by atoms with Crippen LogP contribution < -0.4 is 0 Å². The third kappa shape index (κ3) is 9.27. The van der Waals surface area contributed by atoms with E-state index < -0.39 is 17.9 Å². The van der Waals surface area contributed by atoms with E-state index in [0.29, 0.717) is 0 Å². The Morgan fingerprint density at radius 3 is 1.59 bits per heavy atom. The lowest BCUT2D eigenvalue weighted by Gasteiger charge is -2.21. The fourth-order valence-corrected chi connectivity index (χ4v) is 1.22. The van der Waals surface area contributed by atoms with Crippen molar-refractivity contribution in [3.63, 3.8) is 0 Å². The first-order valence-corrected chi connectivity index (χ1v) is 4.87. The lowest BCUT2D eigenvalue weighted by molar-refractivity contribution is -0.143. The quantitative estimate of drug-likeness (QED) is 0.450. The van der Waals surface area contributed by atoms with Crippen molar-refractivity contribution in [1.29, 1.82) is 0 Å². The number of likely N-dealkylation sites (N-methyl/N-ethyl adjacent to an activating group) is 1. The van der Waals surface area contributed by atoms with Gasteiger partial charge in [-0.05, 0) is 7.05 Å². The van der Waals surface area contributed by atoms with Crippen LogP contribution in [0.2, 0.25) is 0 Å². The van der Waals surface area contributed by atoms with Gasteiger partial charge < -0.3 is 15.3 Å². The molecule has 98 valence electrons. The normalized spacial score (nSPS) is 10.8. The van der Waals surface area contributed by atoms with Crippen LogP contribution >= 0.6 is 0 Å². The van der Waals surface area contributed by atoms with Gasteiger partial charge in [0.1, 0.15) is 0 Å². The highest BCUT2D eigenvalue weighted by molar-refractivity contribution is 5.72. The number of carbonyl (C=O) groups is 3. The summed E-state index contributed by atoms with van der Waals surface area (Å²) in [7, 11) is 1.56. The topological polar surface area (TPSA) is 118 Å². The van der Waals surface area contributed by atoms with Crippen LogP contribution in [0.5, 0.6) is 0 Å². The Hall–Kier alpha value is -1.67. The Morgan fingerprint density at radius 1 is 0.824 bits per heavy atom. The molecule has 0 aliphatic rings. The van der Waals surface area contributed by atoms with Crippen molar-refractivity contribution in [2.75, 3.05) is 39.8 Å². The van der Waals surface area contributed by atoms with Gasteiger partial charge in [0.05, 0.1) is 19.6 Å². The van der Waals surface area contributed by atoms with Crippen molar-refractivity contribution in [3.8, 4) is 0 Å². The molecule has 0 fully saturated rings. The van der Waals surface area contributed by atoms with E-state index in [1.807, 2.05) is 0 Å². The third-order valence-corrected chi connectivity index (χ3v) is 1.92. The van der Waals surface area contributed by atoms with E-state index in [0.717, 1.165) is 0 Å². The van der Waals surface area contributed by atoms with Gasteiger partial charge in [-0.2, -0.15) is 0 Å². The second-order valence-corrected chi connectivity index (χ2v) is 3.63. The van der Waals surface area contributed by atoms with E-state index in [-0.39, 0.29) is 32.7 Å². The van der Waals surface area contributed by atoms with Crippen LogP contribution in [0.15, 0.2) is 0 Å². The second kappa shape index (κ2) is 7.58. The molecule has 0 aromatic rings. The van der Waals surface area contributed by atoms with Gasteiger partial charge in [0.2, 0.25) is 0 Å². The molecule has 0 amide bonds. The van der Waals surface area contributed by atoms with Crippen LogP contribution in [-0.4, -0.2) is 82.8 Å². The van der Waals surface area contributed by atoms with Crippen LogP contribution in [0.1, 0.15) is 0 Å². The second-order valence-electron chi connectivity index (χ2n) is 3.63. The predicted molar refractivity (Wildman–Crippen MR) is 56.8 cm³/mol. The van der Waals surface area contributed by atoms with Crippen molar-refractivity contribution in [1.82, 2.24) is 9.80 Å². The molecule has 0 radical (unpaired) electrons. The molecule has 0 rings (SSSR count). The van der Waals surface area contributed by atoms with Crippen molar-refractivity contribution in [2.24, 2.45) is 0 Å². The largest absolute Gasteiger partial charge is 0.480 e. The molecule has 3 N–H and O–H groups in total. The highest BCUT2D eigenvalue weighted by Crippen LogP contribution is 1.91. The van der Waals surface area contributed by atoms with Crippen LogP contribution in [0.3, 0.4) is 0 Å². The summed E-state index contributed by atoms with van der Waals surface area (Å²) in [4.78, 5) is 34.0. The third-order valence-electron chi connectivity index (χ3n) is 1.92. The minimum Gasteiger partial charge on any atom is -0.480 e. The number of rotatable bonds is 9. The maximum absolute atomic E-state index is 10.5. The average Bonchev–Trinajstić information content (AvgIpc) is 2.11. The van der Waals surface area contributed by atoms with E-state index in [4.69, 9.17) is 15.3 Å². The van der Waals surface area contributed by atoms with Gasteiger partial charge >= 0.3 is 17.9 Å². The Kier molecular flexibility index (Phi) is 6.83. The molecule has 0 aliphatic heterocycles. The average molecular weight is 248 g/mol. The van der Waals surface area contributed by atoms with Crippen molar-refractivity contribution in [2.45, 2.75) is 0 Å². The standard InChI is InChI=1S/C9H16N2O6/c1-10(4-7(12)13)2-3-11(5-8(14)15)6-9(16)17/h2-6H2,1H3,(H,12,13)(H,14,15)(H,16,17). The number of aliphatic carboxylic acids is 3. The maximum Gasteiger partial charge on any atom is 0.317 e. The predicted octanol–water partition coefficient (Wildman–Crippen LogP) is -1.53. The molecule has 0 bridgehead atoms. The zero-order valence-electron chi connectivity index (χ0n) is 9.50. The summed E-state index contributed by atoms with van der Waals surface area (Å²) in [6, 6.07) is 0. The van der Waals surface area contributed by atoms with Crippen LogP contribution in [0.4, 0.5) is 0 Å². The summed E-state index contributed by atoms with van der Waals surface area (Å²) >= 11 is 0. The molecule has 0 saturated heterocycles. The molecule has 8 nitrogen and oxygen atoms in total. The lowest BCUT2D eigenvalue weighted by Crippen LogP contribution is -2.40. The number of carboxylic acid groups (broad SMARTS) is 3. The fraction of sp³-hybridized carbons (Fsp3) is 0.667. The molecule has 0 saturated carbocycles. The zero-order valence-corrected chi connectivity index (χ0v) is 9.50. The van der Waals surface area contributed by atoms with Gasteiger partial charge in [0, 0.05) is 13.1 Å². The van der Waals surface area contributed by atoms with E-state index in [9.17, 15) is 14.4 Å². The molecule has 8 heteroatoms. The molecule has 0 atom stereocenters. The Bertz CT molecular complexity index is 277. The zero-order chi connectivity index (χ0) is 13.4. The summed E-state index contributed by atoms with van der Waals surface area (Å²) in [6.07, 6.45) is 0. The van der Waals surface area contributed by atoms with Gasteiger partial charge in [-0.3, -0.25) is 24.2 Å². The monoisotopic (exact) mass is 248 g/mol. The SMILES string of the molecule is CN(CCN(CC(=O)O)CC(=O)O)CC(=O)O. The fourth-order valence-electron chi connectivity index (χ4n) is 1.22. The van der Waals surface area contributed by atoms with Gasteiger partial charge in [-0.25, -0.2) is 0 Å². The Morgan fingerprint density at radius 2 is 1.24 bits per heavy atom. The molecular formula is C9H16N2O6. The summed E-state index contributed by atoms with van der Waals surface area (Å²) in [6.45, 7) is -0.469. The number of carboxylic acids is 3.